The Bertz CT molecular complexity index is 1480. The molecule has 1 amide bonds. The van der Waals surface area contributed by atoms with Crippen molar-refractivity contribution in [2.45, 2.75) is 27.7 Å². The molecular formula is C28H26N2O5. The monoisotopic (exact) mass is 470 g/mol. The first-order valence-corrected chi connectivity index (χ1v) is 11.1. The second kappa shape index (κ2) is 9.18. The third-order valence-corrected chi connectivity index (χ3v) is 5.55. The van der Waals surface area contributed by atoms with Crippen LogP contribution in [0.25, 0.3) is 11.0 Å². The molecule has 0 aliphatic rings. The van der Waals surface area contributed by atoms with Crippen LogP contribution in [0.4, 0.5) is 5.82 Å². The molecule has 0 bridgehead atoms. The Kier molecular flexibility index (Phi) is 6.26. The van der Waals surface area contributed by atoms with E-state index in [1.807, 2.05) is 51.1 Å². The Morgan fingerprint density at radius 3 is 2.37 bits per heavy atom. The van der Waals surface area contributed by atoms with Gasteiger partial charge in [-0.15, -0.1) is 0 Å². The molecule has 4 aromatic rings. The molecule has 4 rings (SSSR count). The van der Waals surface area contributed by atoms with Gasteiger partial charge in [0, 0.05) is 30.3 Å². The molecule has 0 saturated carbocycles. The molecule has 2 heterocycles. The van der Waals surface area contributed by atoms with Crippen LogP contribution in [0.5, 0.6) is 11.5 Å². The lowest BCUT2D eigenvalue weighted by atomic mass is 9.94. The van der Waals surface area contributed by atoms with Crippen molar-refractivity contribution in [2.24, 2.45) is 5.41 Å². The number of aromatic nitrogens is 1. The number of fused-ring (bicyclic) bond motifs is 1. The molecule has 2 aromatic carbocycles. The van der Waals surface area contributed by atoms with Crippen LogP contribution < -0.4 is 15.1 Å². The molecule has 0 atom stereocenters. The minimum absolute atomic E-state index is 0.0951. The highest BCUT2D eigenvalue weighted by atomic mass is 16.5. The molecule has 0 saturated heterocycles. The summed E-state index contributed by atoms with van der Waals surface area (Å²) in [6.07, 6.45) is 2.54. The van der Waals surface area contributed by atoms with E-state index in [2.05, 4.69) is 4.98 Å². The minimum Gasteiger partial charge on any atom is -0.463 e. The van der Waals surface area contributed by atoms with Crippen LogP contribution in [0.15, 0.2) is 76.3 Å². The number of aryl methyl sites for hydroxylation is 1. The fourth-order valence-corrected chi connectivity index (χ4v) is 3.75. The number of ketones is 1. The summed E-state index contributed by atoms with van der Waals surface area (Å²) in [4.78, 5) is 44.6. The summed E-state index contributed by atoms with van der Waals surface area (Å²) in [5.74, 6) is 1.02. The molecule has 0 unspecified atom stereocenters. The third kappa shape index (κ3) is 4.84. The molecule has 7 nitrogen and oxygen atoms in total. The molecule has 0 N–H and O–H groups in total. The van der Waals surface area contributed by atoms with E-state index in [0.717, 1.165) is 6.26 Å². The van der Waals surface area contributed by atoms with Gasteiger partial charge in [0.05, 0.1) is 5.39 Å². The van der Waals surface area contributed by atoms with Crippen LogP contribution in [0.3, 0.4) is 0 Å². The quantitative estimate of drug-likeness (QED) is 0.356. The van der Waals surface area contributed by atoms with Crippen molar-refractivity contribution >= 4 is 28.5 Å². The van der Waals surface area contributed by atoms with Gasteiger partial charge in [0.25, 0.3) is 0 Å². The van der Waals surface area contributed by atoms with Crippen LogP contribution in [0, 0.1) is 12.3 Å². The molecule has 0 fully saturated rings. The van der Waals surface area contributed by atoms with Gasteiger partial charge < -0.3 is 9.15 Å². The summed E-state index contributed by atoms with van der Waals surface area (Å²) < 4.78 is 11.4. The average molecular weight is 471 g/mol. The highest BCUT2D eigenvalue weighted by Crippen LogP contribution is 2.26. The summed E-state index contributed by atoms with van der Waals surface area (Å²) >= 11 is 0. The molecule has 0 aliphatic carbocycles. The van der Waals surface area contributed by atoms with E-state index in [9.17, 15) is 14.4 Å². The number of anilines is 1. The first kappa shape index (κ1) is 23.9. The Labute approximate surface area is 203 Å². The van der Waals surface area contributed by atoms with E-state index < -0.39 is 16.6 Å². The summed E-state index contributed by atoms with van der Waals surface area (Å²) in [6.45, 7) is 7.25. The van der Waals surface area contributed by atoms with Crippen molar-refractivity contribution in [3.8, 4) is 11.5 Å². The maximum absolute atomic E-state index is 13.1. The summed E-state index contributed by atoms with van der Waals surface area (Å²) in [5, 5.41) is 0.271. The van der Waals surface area contributed by atoms with Crippen molar-refractivity contribution in [1.82, 2.24) is 4.98 Å². The van der Waals surface area contributed by atoms with Crippen molar-refractivity contribution < 1.29 is 18.7 Å². The second-order valence-corrected chi connectivity index (χ2v) is 9.36. The first-order chi connectivity index (χ1) is 16.6. The lowest BCUT2D eigenvalue weighted by Crippen LogP contribution is -2.37. The number of hydrogen-bond donors (Lipinski definition) is 0. The zero-order chi connectivity index (χ0) is 25.3. The van der Waals surface area contributed by atoms with Crippen LogP contribution in [-0.2, 0) is 4.79 Å². The minimum atomic E-state index is -0.576. The fraction of sp³-hybridized carbons (Fsp3) is 0.214. The van der Waals surface area contributed by atoms with Crippen LogP contribution in [0.1, 0.15) is 42.3 Å². The molecule has 35 heavy (non-hydrogen) atoms. The number of ether oxygens (including phenoxy) is 1. The maximum atomic E-state index is 13.1. The summed E-state index contributed by atoms with van der Waals surface area (Å²) in [7, 11) is 1.65. The predicted molar refractivity (Wildman–Crippen MR) is 134 cm³/mol. The first-order valence-electron chi connectivity index (χ1n) is 11.1. The highest BCUT2D eigenvalue weighted by molar-refractivity contribution is 6.10. The highest BCUT2D eigenvalue weighted by Gasteiger charge is 2.27. The van der Waals surface area contributed by atoms with Gasteiger partial charge in [-0.3, -0.25) is 19.3 Å². The maximum Gasteiger partial charge on any atom is 0.233 e. The summed E-state index contributed by atoms with van der Waals surface area (Å²) in [5.41, 5.74) is 0.0776. The number of pyridine rings is 1. The van der Waals surface area contributed by atoms with Gasteiger partial charge in [-0.1, -0.05) is 39.0 Å². The zero-order valence-corrected chi connectivity index (χ0v) is 20.3. The number of carbonyl (C=O) groups is 2. The lowest BCUT2D eigenvalue weighted by Gasteiger charge is -2.26. The number of hydrogen-bond acceptors (Lipinski definition) is 6. The van der Waals surface area contributed by atoms with E-state index in [-0.39, 0.29) is 22.4 Å². The number of nitrogens with zero attached hydrogens (tertiary/aromatic N) is 2. The van der Waals surface area contributed by atoms with Crippen LogP contribution >= 0.6 is 0 Å². The Morgan fingerprint density at radius 2 is 1.71 bits per heavy atom. The van der Waals surface area contributed by atoms with Gasteiger partial charge in [-0.25, -0.2) is 4.98 Å². The van der Waals surface area contributed by atoms with E-state index in [1.54, 1.807) is 38.2 Å². The Balaban J connectivity index is 1.63. The Hall–Kier alpha value is -4.26. The van der Waals surface area contributed by atoms with Crippen molar-refractivity contribution in [1.29, 1.82) is 0 Å². The molecule has 2 aromatic heterocycles. The zero-order valence-electron chi connectivity index (χ0n) is 20.3. The number of carbonyl (C=O) groups excluding carboxylic acids is 2. The number of benzene rings is 2. The normalized spacial score (nSPS) is 11.3. The smallest absolute Gasteiger partial charge is 0.233 e. The van der Waals surface area contributed by atoms with E-state index in [4.69, 9.17) is 9.15 Å². The van der Waals surface area contributed by atoms with Gasteiger partial charge in [-0.05, 0) is 42.8 Å². The van der Waals surface area contributed by atoms with Gasteiger partial charge >= 0.3 is 0 Å². The molecule has 178 valence electrons. The molecule has 0 radical (unpaired) electrons. The predicted octanol–water partition coefficient (Wildman–Crippen LogP) is 5.53. The molecule has 7 heteroatoms. The standard InChI is InChI=1S/C28H26N2O5/c1-17-13-18(15-29-26(17)30(5)27(33)28(2,3)4)24(31)22-16-34-23-14-20(11-12-21(23)25(22)32)35-19-9-7-6-8-10-19/h6-16H,1-5H3. The van der Waals surface area contributed by atoms with E-state index in [1.165, 1.54) is 11.1 Å². The van der Waals surface area contributed by atoms with Crippen LogP contribution in [0.2, 0.25) is 0 Å². The van der Waals surface area contributed by atoms with E-state index >= 15 is 0 Å². The lowest BCUT2D eigenvalue weighted by molar-refractivity contribution is -0.125. The largest absolute Gasteiger partial charge is 0.463 e. The van der Waals surface area contributed by atoms with Gasteiger partial charge in [-0.2, -0.15) is 0 Å². The second-order valence-electron chi connectivity index (χ2n) is 9.36. The molecule has 0 aliphatic heterocycles. The number of amides is 1. The third-order valence-electron chi connectivity index (χ3n) is 5.55. The average Bonchev–Trinajstić information content (AvgIpc) is 2.83. The van der Waals surface area contributed by atoms with Gasteiger partial charge in [0.1, 0.15) is 34.7 Å². The Morgan fingerprint density at radius 1 is 1.00 bits per heavy atom. The van der Waals surface area contributed by atoms with Crippen molar-refractivity contribution in [3.63, 3.8) is 0 Å². The van der Waals surface area contributed by atoms with Crippen molar-refractivity contribution in [3.05, 3.63) is 94.0 Å². The molecular weight excluding hydrogens is 444 g/mol. The van der Waals surface area contributed by atoms with Crippen LogP contribution in [-0.4, -0.2) is 23.7 Å². The van der Waals surface area contributed by atoms with E-state index in [0.29, 0.717) is 28.5 Å². The SMILES string of the molecule is Cc1cc(C(=O)c2coc3cc(Oc4ccccc4)ccc3c2=O)cnc1N(C)C(=O)C(C)(C)C. The number of rotatable bonds is 5. The van der Waals surface area contributed by atoms with Gasteiger partial charge in [0.15, 0.2) is 0 Å². The van der Waals surface area contributed by atoms with Crippen molar-refractivity contribution in [2.75, 3.05) is 11.9 Å². The van der Waals surface area contributed by atoms with Gasteiger partial charge in [0.2, 0.25) is 17.1 Å². The topological polar surface area (TPSA) is 89.7 Å². The summed E-state index contributed by atoms with van der Waals surface area (Å²) in [6, 6.07) is 15.7. The molecule has 0 spiro atoms. The fourth-order valence-electron chi connectivity index (χ4n) is 3.75. The number of para-hydroxylation sites is 1.